The van der Waals surface area contributed by atoms with E-state index in [0.717, 1.165) is 0 Å². The second kappa shape index (κ2) is 5.92. The second-order valence-electron chi connectivity index (χ2n) is 4.96. The number of nitrogens with zero attached hydrogens (tertiary/aromatic N) is 1. The first-order valence-corrected chi connectivity index (χ1v) is 6.55. The number of anilines is 1. The molecule has 0 aliphatic heterocycles. The first kappa shape index (κ1) is 14.3. The number of rotatable bonds is 4. The summed E-state index contributed by atoms with van der Waals surface area (Å²) < 4.78 is 5.37. The zero-order valence-corrected chi connectivity index (χ0v) is 11.8. The van der Waals surface area contributed by atoms with Crippen molar-refractivity contribution >= 4 is 22.8 Å². The van der Waals surface area contributed by atoms with Gasteiger partial charge in [-0.3, -0.25) is 0 Å². The third-order valence-electron chi connectivity index (χ3n) is 3.25. The summed E-state index contributed by atoms with van der Waals surface area (Å²) >= 11 is 0. The number of oxazole rings is 1. The Morgan fingerprint density at radius 3 is 2.90 bits per heavy atom. The van der Waals surface area contributed by atoms with Crippen molar-refractivity contribution in [2.75, 3.05) is 11.9 Å². The molecule has 0 saturated heterocycles. The number of hydrogen-bond donors (Lipinski definition) is 3. The molecule has 2 atom stereocenters. The molecule has 2 amide bonds. The molecular formula is C14H19N3O3. The van der Waals surface area contributed by atoms with Gasteiger partial charge in [-0.1, -0.05) is 6.92 Å². The number of benzene rings is 1. The number of urea groups is 1. The van der Waals surface area contributed by atoms with Crippen molar-refractivity contribution in [2.45, 2.75) is 26.8 Å². The van der Waals surface area contributed by atoms with Gasteiger partial charge in [-0.2, -0.15) is 0 Å². The van der Waals surface area contributed by atoms with Gasteiger partial charge in [0.05, 0.1) is 0 Å². The Bertz CT molecular complexity index is 609. The molecule has 6 nitrogen and oxygen atoms in total. The third kappa shape index (κ3) is 3.27. The minimum Gasteiger partial charge on any atom is -0.441 e. The Kier molecular flexibility index (Phi) is 4.24. The van der Waals surface area contributed by atoms with E-state index in [9.17, 15) is 4.79 Å². The lowest BCUT2D eigenvalue weighted by atomic mass is 10.1. The van der Waals surface area contributed by atoms with E-state index in [1.807, 2.05) is 13.8 Å². The van der Waals surface area contributed by atoms with Gasteiger partial charge in [-0.25, -0.2) is 9.78 Å². The molecular weight excluding hydrogens is 258 g/mol. The Balaban J connectivity index is 2.02. The molecule has 0 radical (unpaired) electrons. The van der Waals surface area contributed by atoms with E-state index in [1.54, 1.807) is 25.1 Å². The number of carbonyl (C=O) groups excluding carboxylic acids is 1. The van der Waals surface area contributed by atoms with Gasteiger partial charge >= 0.3 is 6.03 Å². The van der Waals surface area contributed by atoms with Crippen LogP contribution < -0.4 is 10.6 Å². The van der Waals surface area contributed by atoms with E-state index in [-0.39, 0.29) is 24.6 Å². The highest BCUT2D eigenvalue weighted by atomic mass is 16.3. The molecule has 2 unspecified atom stereocenters. The lowest BCUT2D eigenvalue weighted by molar-refractivity contribution is 0.204. The number of amides is 2. The van der Waals surface area contributed by atoms with E-state index < -0.39 is 0 Å². The lowest BCUT2D eigenvalue weighted by Crippen LogP contribution is -2.40. The minimum atomic E-state index is -0.308. The van der Waals surface area contributed by atoms with Crippen molar-refractivity contribution in [1.29, 1.82) is 0 Å². The fourth-order valence-corrected chi connectivity index (χ4v) is 1.79. The van der Waals surface area contributed by atoms with Crippen LogP contribution in [0.15, 0.2) is 22.6 Å². The fourth-order valence-electron chi connectivity index (χ4n) is 1.79. The highest BCUT2D eigenvalue weighted by Crippen LogP contribution is 2.19. The minimum absolute atomic E-state index is 0.00131. The maximum absolute atomic E-state index is 11.8. The van der Waals surface area contributed by atoms with Crippen LogP contribution in [-0.4, -0.2) is 28.8 Å². The van der Waals surface area contributed by atoms with Gasteiger partial charge in [-0.15, -0.1) is 0 Å². The normalized spacial score (nSPS) is 14.0. The Morgan fingerprint density at radius 1 is 1.45 bits per heavy atom. The summed E-state index contributed by atoms with van der Waals surface area (Å²) in [6, 6.07) is 4.86. The van der Waals surface area contributed by atoms with Gasteiger partial charge in [0.2, 0.25) is 0 Å². The first-order valence-electron chi connectivity index (χ1n) is 6.55. The van der Waals surface area contributed by atoms with E-state index in [0.29, 0.717) is 22.7 Å². The zero-order chi connectivity index (χ0) is 14.7. The predicted molar refractivity (Wildman–Crippen MR) is 76.6 cm³/mol. The van der Waals surface area contributed by atoms with Crippen LogP contribution in [0.25, 0.3) is 11.1 Å². The number of aryl methyl sites for hydroxylation is 1. The SMILES string of the molecule is Cc1nc2cc(NC(=O)NC(C)C(C)CO)ccc2o1. The molecule has 3 N–H and O–H groups in total. The standard InChI is InChI=1S/C14H19N3O3/c1-8(7-18)9(2)15-14(19)17-11-4-5-13-12(6-11)16-10(3)20-13/h4-6,8-9,18H,7H2,1-3H3,(H2,15,17,19). The monoisotopic (exact) mass is 277 g/mol. The number of nitrogens with one attached hydrogen (secondary N) is 2. The van der Waals surface area contributed by atoms with Gasteiger partial charge in [0.25, 0.3) is 0 Å². The molecule has 108 valence electrons. The maximum Gasteiger partial charge on any atom is 0.319 e. The highest BCUT2D eigenvalue weighted by molar-refractivity contribution is 5.91. The number of hydrogen-bond acceptors (Lipinski definition) is 4. The average molecular weight is 277 g/mol. The molecule has 1 heterocycles. The van der Waals surface area contributed by atoms with Gasteiger partial charge in [0, 0.05) is 25.3 Å². The first-order chi connectivity index (χ1) is 9.49. The Morgan fingerprint density at radius 2 is 2.20 bits per heavy atom. The number of aliphatic hydroxyl groups is 1. The highest BCUT2D eigenvalue weighted by Gasteiger charge is 2.14. The number of fused-ring (bicyclic) bond motifs is 1. The summed E-state index contributed by atoms with van der Waals surface area (Å²) in [6.45, 7) is 5.53. The van der Waals surface area contributed by atoms with E-state index in [1.165, 1.54) is 0 Å². The van der Waals surface area contributed by atoms with Gasteiger partial charge < -0.3 is 20.2 Å². The van der Waals surface area contributed by atoms with Crippen LogP contribution in [0.3, 0.4) is 0 Å². The number of aromatic nitrogens is 1. The smallest absolute Gasteiger partial charge is 0.319 e. The van der Waals surface area contributed by atoms with Crippen LogP contribution in [0.2, 0.25) is 0 Å². The molecule has 20 heavy (non-hydrogen) atoms. The summed E-state index contributed by atoms with van der Waals surface area (Å²) in [5.41, 5.74) is 2.04. The largest absolute Gasteiger partial charge is 0.441 e. The average Bonchev–Trinajstić information content (AvgIpc) is 2.76. The molecule has 0 aliphatic carbocycles. The van der Waals surface area contributed by atoms with Crippen molar-refractivity contribution in [3.8, 4) is 0 Å². The van der Waals surface area contributed by atoms with Crippen molar-refractivity contribution in [3.63, 3.8) is 0 Å². The van der Waals surface area contributed by atoms with Crippen LogP contribution in [0.1, 0.15) is 19.7 Å². The zero-order valence-electron chi connectivity index (χ0n) is 11.8. The van der Waals surface area contributed by atoms with Gasteiger partial charge in [0.15, 0.2) is 11.5 Å². The molecule has 1 aromatic carbocycles. The molecule has 2 aromatic rings. The summed E-state index contributed by atoms with van der Waals surface area (Å²) in [4.78, 5) is 16.0. The summed E-state index contributed by atoms with van der Waals surface area (Å²) in [5.74, 6) is 0.591. The molecule has 0 saturated carbocycles. The van der Waals surface area contributed by atoms with Crippen molar-refractivity contribution in [1.82, 2.24) is 10.3 Å². The fraction of sp³-hybridized carbons (Fsp3) is 0.429. The predicted octanol–water partition coefficient (Wildman–Crippen LogP) is 2.27. The molecule has 1 aromatic heterocycles. The van der Waals surface area contributed by atoms with Crippen LogP contribution in [0.5, 0.6) is 0 Å². The molecule has 2 rings (SSSR count). The van der Waals surface area contributed by atoms with E-state index in [4.69, 9.17) is 9.52 Å². The molecule has 0 aliphatic rings. The van der Waals surface area contributed by atoms with Crippen LogP contribution in [0.4, 0.5) is 10.5 Å². The van der Waals surface area contributed by atoms with Crippen LogP contribution >= 0.6 is 0 Å². The van der Waals surface area contributed by atoms with E-state index in [2.05, 4.69) is 15.6 Å². The molecule has 0 fully saturated rings. The number of aliphatic hydroxyl groups excluding tert-OH is 1. The van der Waals surface area contributed by atoms with Crippen LogP contribution in [0, 0.1) is 12.8 Å². The number of carbonyl (C=O) groups is 1. The topological polar surface area (TPSA) is 87.4 Å². The molecule has 6 heteroatoms. The lowest BCUT2D eigenvalue weighted by Gasteiger charge is -2.19. The summed E-state index contributed by atoms with van der Waals surface area (Å²) in [6.07, 6.45) is 0. The van der Waals surface area contributed by atoms with Crippen molar-refractivity contribution in [3.05, 3.63) is 24.1 Å². The molecule has 0 bridgehead atoms. The Labute approximate surface area is 117 Å². The van der Waals surface area contributed by atoms with E-state index >= 15 is 0 Å². The second-order valence-corrected chi connectivity index (χ2v) is 4.96. The Hall–Kier alpha value is -2.08. The van der Waals surface area contributed by atoms with Crippen molar-refractivity contribution < 1.29 is 14.3 Å². The third-order valence-corrected chi connectivity index (χ3v) is 3.25. The van der Waals surface area contributed by atoms with Crippen LogP contribution in [-0.2, 0) is 0 Å². The summed E-state index contributed by atoms with van der Waals surface area (Å²) in [5, 5.41) is 14.6. The summed E-state index contributed by atoms with van der Waals surface area (Å²) in [7, 11) is 0. The van der Waals surface area contributed by atoms with Gasteiger partial charge in [-0.05, 0) is 31.0 Å². The maximum atomic E-state index is 11.8. The van der Waals surface area contributed by atoms with Crippen molar-refractivity contribution in [2.24, 2.45) is 5.92 Å². The molecule has 0 spiro atoms. The quantitative estimate of drug-likeness (QED) is 0.800. The van der Waals surface area contributed by atoms with Gasteiger partial charge in [0.1, 0.15) is 5.52 Å².